The van der Waals surface area contributed by atoms with E-state index in [-0.39, 0.29) is 22.3 Å². The molecule has 2 aromatic rings. The highest BCUT2D eigenvalue weighted by molar-refractivity contribution is 7.89. The minimum atomic E-state index is -3.65. The summed E-state index contributed by atoms with van der Waals surface area (Å²) in [6, 6.07) is 9.66. The Morgan fingerprint density at radius 3 is 2.63 bits per heavy atom. The molecule has 0 saturated heterocycles. The molecule has 1 heterocycles. The largest absolute Gasteiger partial charge is 0.454 e. The fourth-order valence-corrected chi connectivity index (χ4v) is 3.69. The van der Waals surface area contributed by atoms with Crippen LogP contribution >= 0.6 is 11.6 Å². The standard InChI is InChI=1S/C18H19ClN2O5S/c1-21(2)27(23,24)13-4-5-15(19)14(10-13)18(22)20-8-7-12-3-6-16-17(9-12)26-11-25-16/h3-6,9-10H,7-8,11H2,1-2H3,(H,20,22). The molecular weight excluding hydrogens is 392 g/mol. The van der Waals surface area contributed by atoms with Gasteiger partial charge in [-0.3, -0.25) is 4.79 Å². The summed E-state index contributed by atoms with van der Waals surface area (Å²) < 4.78 is 36.2. The average Bonchev–Trinajstić information content (AvgIpc) is 3.09. The van der Waals surface area contributed by atoms with Crippen LogP contribution in [0.4, 0.5) is 0 Å². The maximum Gasteiger partial charge on any atom is 0.252 e. The van der Waals surface area contributed by atoms with Crippen molar-refractivity contribution in [3.63, 3.8) is 0 Å². The van der Waals surface area contributed by atoms with Gasteiger partial charge in [0.1, 0.15) is 0 Å². The predicted octanol–water partition coefficient (Wildman–Crippen LogP) is 2.29. The number of hydrogen-bond acceptors (Lipinski definition) is 5. The number of sulfonamides is 1. The number of fused-ring (bicyclic) bond motifs is 1. The van der Waals surface area contributed by atoms with E-state index in [2.05, 4.69) is 5.32 Å². The second-order valence-corrected chi connectivity index (χ2v) is 8.68. The number of nitrogens with one attached hydrogen (secondary N) is 1. The van der Waals surface area contributed by atoms with Crippen LogP contribution in [0.3, 0.4) is 0 Å². The van der Waals surface area contributed by atoms with Gasteiger partial charge in [0.05, 0.1) is 15.5 Å². The predicted molar refractivity (Wildman–Crippen MR) is 101 cm³/mol. The summed E-state index contributed by atoms with van der Waals surface area (Å²) >= 11 is 6.08. The van der Waals surface area contributed by atoms with Gasteiger partial charge in [-0.05, 0) is 42.3 Å². The van der Waals surface area contributed by atoms with Crippen molar-refractivity contribution in [1.29, 1.82) is 0 Å². The SMILES string of the molecule is CN(C)S(=O)(=O)c1ccc(Cl)c(C(=O)NCCc2ccc3c(c2)OCO3)c1. The quantitative estimate of drug-likeness (QED) is 0.789. The molecule has 1 amide bonds. The second-order valence-electron chi connectivity index (χ2n) is 6.12. The Kier molecular flexibility index (Phi) is 5.59. The van der Waals surface area contributed by atoms with Crippen LogP contribution in [0.2, 0.25) is 5.02 Å². The molecule has 0 fully saturated rings. The summed E-state index contributed by atoms with van der Waals surface area (Å²) in [6.45, 7) is 0.569. The van der Waals surface area contributed by atoms with Crippen LogP contribution in [0, 0.1) is 0 Å². The molecule has 0 aliphatic carbocycles. The number of carbonyl (C=O) groups excluding carboxylic acids is 1. The summed E-state index contributed by atoms with van der Waals surface area (Å²) in [4.78, 5) is 12.5. The average molecular weight is 411 g/mol. The zero-order valence-electron chi connectivity index (χ0n) is 14.9. The molecule has 7 nitrogen and oxygen atoms in total. The molecule has 0 spiro atoms. The minimum absolute atomic E-state index is 0.0119. The third kappa shape index (κ3) is 4.18. The third-order valence-electron chi connectivity index (χ3n) is 4.10. The molecule has 0 aromatic heterocycles. The minimum Gasteiger partial charge on any atom is -0.454 e. The van der Waals surface area contributed by atoms with Gasteiger partial charge in [0.15, 0.2) is 11.5 Å². The highest BCUT2D eigenvalue weighted by atomic mass is 35.5. The van der Waals surface area contributed by atoms with Gasteiger partial charge >= 0.3 is 0 Å². The van der Waals surface area contributed by atoms with Crippen molar-refractivity contribution >= 4 is 27.5 Å². The van der Waals surface area contributed by atoms with Crippen molar-refractivity contribution in [2.45, 2.75) is 11.3 Å². The lowest BCUT2D eigenvalue weighted by Gasteiger charge is -2.13. The zero-order valence-corrected chi connectivity index (χ0v) is 16.4. The maximum atomic E-state index is 12.4. The summed E-state index contributed by atoms with van der Waals surface area (Å²) in [5, 5.41) is 2.95. The van der Waals surface area contributed by atoms with Gasteiger partial charge in [0, 0.05) is 20.6 Å². The first-order valence-corrected chi connectivity index (χ1v) is 9.99. The van der Waals surface area contributed by atoms with Crippen molar-refractivity contribution in [2.24, 2.45) is 0 Å². The van der Waals surface area contributed by atoms with Crippen molar-refractivity contribution in [2.75, 3.05) is 27.4 Å². The highest BCUT2D eigenvalue weighted by Crippen LogP contribution is 2.32. The molecule has 0 atom stereocenters. The second kappa shape index (κ2) is 7.75. The van der Waals surface area contributed by atoms with Gasteiger partial charge in [-0.2, -0.15) is 0 Å². The van der Waals surface area contributed by atoms with Crippen LogP contribution < -0.4 is 14.8 Å². The summed E-state index contributed by atoms with van der Waals surface area (Å²) in [7, 11) is -0.799. The number of carbonyl (C=O) groups is 1. The van der Waals surface area contributed by atoms with Gasteiger partial charge in [-0.25, -0.2) is 12.7 Å². The van der Waals surface area contributed by atoms with Crippen LogP contribution in [0.5, 0.6) is 11.5 Å². The van der Waals surface area contributed by atoms with E-state index < -0.39 is 15.9 Å². The number of halogens is 1. The molecule has 0 saturated carbocycles. The molecule has 0 bridgehead atoms. The molecule has 1 N–H and O–H groups in total. The van der Waals surface area contributed by atoms with Gasteiger partial charge < -0.3 is 14.8 Å². The Labute approximate surface area is 162 Å². The molecule has 1 aliphatic heterocycles. The van der Waals surface area contributed by atoms with Crippen LogP contribution in [-0.4, -0.2) is 46.1 Å². The van der Waals surface area contributed by atoms with Crippen molar-refractivity contribution in [1.82, 2.24) is 9.62 Å². The van der Waals surface area contributed by atoms with Crippen LogP contribution in [-0.2, 0) is 16.4 Å². The summed E-state index contributed by atoms with van der Waals surface area (Å²) in [5.41, 5.74) is 1.10. The lowest BCUT2D eigenvalue weighted by molar-refractivity contribution is 0.0954. The van der Waals surface area contributed by atoms with E-state index in [0.29, 0.717) is 24.5 Å². The summed E-state index contributed by atoms with van der Waals surface area (Å²) in [5.74, 6) is 0.952. The third-order valence-corrected chi connectivity index (χ3v) is 6.24. The van der Waals surface area contributed by atoms with Crippen LogP contribution in [0.1, 0.15) is 15.9 Å². The number of benzene rings is 2. The number of rotatable bonds is 6. The van der Waals surface area contributed by atoms with E-state index >= 15 is 0 Å². The smallest absolute Gasteiger partial charge is 0.252 e. The lowest BCUT2D eigenvalue weighted by Crippen LogP contribution is -2.27. The van der Waals surface area contributed by atoms with Gasteiger partial charge in [-0.1, -0.05) is 17.7 Å². The lowest BCUT2D eigenvalue weighted by atomic mass is 10.1. The van der Waals surface area contributed by atoms with E-state index in [9.17, 15) is 13.2 Å². The fourth-order valence-electron chi connectivity index (χ4n) is 2.56. The Morgan fingerprint density at radius 2 is 1.89 bits per heavy atom. The number of nitrogens with zero attached hydrogens (tertiary/aromatic N) is 1. The Morgan fingerprint density at radius 1 is 1.15 bits per heavy atom. The first-order chi connectivity index (χ1) is 12.8. The van der Waals surface area contributed by atoms with Gasteiger partial charge in [-0.15, -0.1) is 0 Å². The number of hydrogen-bond donors (Lipinski definition) is 1. The molecule has 2 aromatic carbocycles. The number of amides is 1. The molecule has 9 heteroatoms. The topological polar surface area (TPSA) is 84.9 Å². The van der Waals surface area contributed by atoms with E-state index in [1.165, 1.54) is 32.3 Å². The first kappa shape index (κ1) is 19.5. The van der Waals surface area contributed by atoms with E-state index in [0.717, 1.165) is 9.87 Å². The Balaban J connectivity index is 1.67. The molecular formula is C18H19ClN2O5S. The van der Waals surface area contributed by atoms with Gasteiger partial charge in [0.2, 0.25) is 16.8 Å². The van der Waals surface area contributed by atoms with Gasteiger partial charge in [0.25, 0.3) is 5.91 Å². The van der Waals surface area contributed by atoms with E-state index in [4.69, 9.17) is 21.1 Å². The van der Waals surface area contributed by atoms with E-state index in [1.807, 2.05) is 18.2 Å². The van der Waals surface area contributed by atoms with Crippen molar-refractivity contribution in [3.05, 3.63) is 52.5 Å². The van der Waals surface area contributed by atoms with Crippen molar-refractivity contribution in [3.8, 4) is 11.5 Å². The van der Waals surface area contributed by atoms with Crippen LogP contribution in [0.25, 0.3) is 0 Å². The Hall–Kier alpha value is -2.29. The first-order valence-electron chi connectivity index (χ1n) is 8.18. The molecule has 0 radical (unpaired) electrons. The zero-order chi connectivity index (χ0) is 19.6. The molecule has 3 rings (SSSR count). The molecule has 0 unspecified atom stereocenters. The molecule has 27 heavy (non-hydrogen) atoms. The maximum absolute atomic E-state index is 12.4. The monoisotopic (exact) mass is 410 g/mol. The summed E-state index contributed by atoms with van der Waals surface area (Å²) in [6.07, 6.45) is 0.579. The normalized spacial score (nSPS) is 13.0. The highest BCUT2D eigenvalue weighted by Gasteiger charge is 2.20. The molecule has 1 aliphatic rings. The molecule has 144 valence electrons. The number of ether oxygens (including phenoxy) is 2. The van der Waals surface area contributed by atoms with Crippen molar-refractivity contribution < 1.29 is 22.7 Å². The van der Waals surface area contributed by atoms with Crippen LogP contribution in [0.15, 0.2) is 41.3 Å². The Bertz CT molecular complexity index is 976. The van der Waals surface area contributed by atoms with E-state index in [1.54, 1.807) is 0 Å². The fraction of sp³-hybridized carbons (Fsp3) is 0.278.